The quantitative estimate of drug-likeness (QED) is 0.726. The molecule has 0 spiro atoms. The van der Waals surface area contributed by atoms with Crippen molar-refractivity contribution in [3.63, 3.8) is 0 Å². The predicted octanol–water partition coefficient (Wildman–Crippen LogP) is 1.08. The Bertz CT molecular complexity index is 645. The van der Waals surface area contributed by atoms with Crippen molar-refractivity contribution in [2.75, 3.05) is 23.4 Å². The Balaban J connectivity index is 2.60. The van der Waals surface area contributed by atoms with E-state index in [2.05, 4.69) is 10.6 Å². The monoisotopic (exact) mass is 318 g/mol. The van der Waals surface area contributed by atoms with Gasteiger partial charge in [0.25, 0.3) is 0 Å². The van der Waals surface area contributed by atoms with Crippen molar-refractivity contribution >= 4 is 27.5 Å². The number of hydrogen-bond donors (Lipinski definition) is 3. The van der Waals surface area contributed by atoms with Gasteiger partial charge in [0.1, 0.15) is 5.82 Å². The molecule has 7 nitrogen and oxygen atoms in total. The van der Waals surface area contributed by atoms with Gasteiger partial charge in [0.2, 0.25) is 0 Å². The summed E-state index contributed by atoms with van der Waals surface area (Å²) in [4.78, 5) is 22.2. The minimum Gasteiger partial charge on any atom is -0.478 e. The second kappa shape index (κ2) is 7.02. The number of nitrogens with one attached hydrogen (secondary N) is 2. The van der Waals surface area contributed by atoms with E-state index in [0.717, 1.165) is 12.1 Å². The number of carboxylic acid groups (broad SMARTS) is 1. The molecular weight excluding hydrogens is 303 g/mol. The van der Waals surface area contributed by atoms with Crippen LogP contribution < -0.4 is 10.6 Å². The average molecular weight is 318 g/mol. The molecule has 0 saturated heterocycles. The third-order valence-corrected chi connectivity index (χ3v) is 4.30. The molecule has 0 aliphatic heterocycles. The van der Waals surface area contributed by atoms with E-state index in [1.165, 1.54) is 13.0 Å². The first kappa shape index (κ1) is 16.9. The van der Waals surface area contributed by atoms with Gasteiger partial charge < -0.3 is 15.7 Å². The lowest BCUT2D eigenvalue weighted by atomic mass is 10.2. The summed E-state index contributed by atoms with van der Waals surface area (Å²) >= 11 is 0. The first-order valence-electron chi connectivity index (χ1n) is 6.03. The Kier molecular flexibility index (Phi) is 5.65. The molecule has 0 aromatic heterocycles. The third-order valence-electron chi connectivity index (χ3n) is 2.59. The van der Waals surface area contributed by atoms with Gasteiger partial charge in [0.05, 0.1) is 11.3 Å². The van der Waals surface area contributed by atoms with Gasteiger partial charge in [-0.05, 0) is 18.2 Å². The van der Waals surface area contributed by atoms with Crippen LogP contribution >= 0.6 is 0 Å². The van der Waals surface area contributed by atoms with Gasteiger partial charge in [-0.1, -0.05) is 6.92 Å². The molecular formula is C12H15FN2O5S. The van der Waals surface area contributed by atoms with Crippen LogP contribution in [-0.4, -0.2) is 43.6 Å². The van der Waals surface area contributed by atoms with Crippen molar-refractivity contribution in [3.8, 4) is 0 Å². The van der Waals surface area contributed by atoms with Crippen molar-refractivity contribution in [2.24, 2.45) is 0 Å². The maximum Gasteiger partial charge on any atom is 0.338 e. The molecule has 0 saturated carbocycles. The summed E-state index contributed by atoms with van der Waals surface area (Å²) in [6, 6.07) is 2.38. The molecule has 9 heteroatoms. The Labute approximate surface area is 121 Å². The SMILES string of the molecule is CCS(=O)(=O)CCNC(=O)Nc1ccc(F)c(C(=O)O)c1. The molecule has 3 N–H and O–H groups in total. The van der Waals surface area contributed by atoms with Gasteiger partial charge in [-0.15, -0.1) is 0 Å². The number of anilines is 1. The number of carbonyl (C=O) groups excluding carboxylic acids is 1. The average Bonchev–Trinajstić information content (AvgIpc) is 2.40. The van der Waals surface area contributed by atoms with Crippen LogP contribution in [0.5, 0.6) is 0 Å². The Hall–Kier alpha value is -2.16. The Morgan fingerprint density at radius 1 is 1.33 bits per heavy atom. The molecule has 0 aliphatic carbocycles. The standard InChI is InChI=1S/C12H15FN2O5S/c1-2-21(19,20)6-5-14-12(18)15-8-3-4-10(13)9(7-8)11(16)17/h3-4,7H,2,5-6H2,1H3,(H,16,17)(H2,14,15,18). The third kappa shape index (κ3) is 5.38. The van der Waals surface area contributed by atoms with E-state index in [1.54, 1.807) is 0 Å². The van der Waals surface area contributed by atoms with Crippen LogP contribution in [0.25, 0.3) is 0 Å². The molecule has 1 aromatic carbocycles. The van der Waals surface area contributed by atoms with Gasteiger partial charge in [-0.25, -0.2) is 22.4 Å². The minimum absolute atomic E-state index is 0.0176. The number of carbonyl (C=O) groups is 2. The lowest BCUT2D eigenvalue weighted by Gasteiger charge is -2.08. The number of urea groups is 1. The number of sulfone groups is 1. The number of benzene rings is 1. The molecule has 2 amide bonds. The fraction of sp³-hybridized carbons (Fsp3) is 0.333. The van der Waals surface area contributed by atoms with E-state index in [-0.39, 0.29) is 23.7 Å². The van der Waals surface area contributed by atoms with E-state index in [9.17, 15) is 22.4 Å². The first-order valence-corrected chi connectivity index (χ1v) is 7.85. The van der Waals surface area contributed by atoms with Crippen LogP contribution in [0, 0.1) is 5.82 Å². The zero-order valence-electron chi connectivity index (χ0n) is 11.2. The molecule has 0 aliphatic rings. The number of hydrogen-bond acceptors (Lipinski definition) is 4. The first-order chi connectivity index (χ1) is 9.75. The zero-order chi connectivity index (χ0) is 16.0. The Morgan fingerprint density at radius 2 is 2.00 bits per heavy atom. The lowest BCUT2D eigenvalue weighted by molar-refractivity contribution is 0.0692. The van der Waals surface area contributed by atoms with Crippen molar-refractivity contribution in [2.45, 2.75) is 6.92 Å². The molecule has 1 rings (SSSR count). The minimum atomic E-state index is -3.18. The summed E-state index contributed by atoms with van der Waals surface area (Å²) in [5, 5.41) is 13.4. The molecule has 21 heavy (non-hydrogen) atoms. The highest BCUT2D eigenvalue weighted by Crippen LogP contribution is 2.14. The summed E-state index contributed by atoms with van der Waals surface area (Å²) < 4.78 is 35.6. The number of rotatable bonds is 6. The van der Waals surface area contributed by atoms with E-state index in [1.807, 2.05) is 0 Å². The van der Waals surface area contributed by atoms with Gasteiger partial charge in [0, 0.05) is 18.0 Å². The van der Waals surface area contributed by atoms with Crippen molar-refractivity contribution in [1.29, 1.82) is 0 Å². The molecule has 0 radical (unpaired) electrons. The predicted molar refractivity (Wildman–Crippen MR) is 74.7 cm³/mol. The molecule has 0 atom stereocenters. The fourth-order valence-corrected chi connectivity index (χ4v) is 2.11. The normalized spacial score (nSPS) is 11.0. The highest BCUT2D eigenvalue weighted by atomic mass is 32.2. The molecule has 0 heterocycles. The fourth-order valence-electron chi connectivity index (χ4n) is 1.41. The molecule has 1 aromatic rings. The van der Waals surface area contributed by atoms with Crippen molar-refractivity contribution in [1.82, 2.24) is 5.32 Å². The number of aromatic carboxylic acids is 1. The van der Waals surface area contributed by atoms with Crippen molar-refractivity contribution in [3.05, 3.63) is 29.6 Å². The smallest absolute Gasteiger partial charge is 0.338 e. The number of carboxylic acids is 1. The van der Waals surface area contributed by atoms with Gasteiger partial charge in [0.15, 0.2) is 9.84 Å². The number of halogens is 1. The van der Waals surface area contributed by atoms with Crippen molar-refractivity contribution < 1.29 is 27.5 Å². The molecule has 0 unspecified atom stereocenters. The van der Waals surface area contributed by atoms with Gasteiger partial charge in [-0.2, -0.15) is 0 Å². The highest BCUT2D eigenvalue weighted by Gasteiger charge is 2.12. The molecule has 116 valence electrons. The number of amides is 2. The maximum atomic E-state index is 13.2. The van der Waals surface area contributed by atoms with Crippen LogP contribution in [-0.2, 0) is 9.84 Å². The van der Waals surface area contributed by atoms with E-state index in [0.29, 0.717) is 0 Å². The summed E-state index contributed by atoms with van der Waals surface area (Å²) in [5.74, 6) is -2.58. The topological polar surface area (TPSA) is 113 Å². The van der Waals surface area contributed by atoms with Crippen LogP contribution in [0.2, 0.25) is 0 Å². The van der Waals surface area contributed by atoms with E-state index >= 15 is 0 Å². The summed E-state index contributed by atoms with van der Waals surface area (Å²) in [5.41, 5.74) is -0.481. The van der Waals surface area contributed by atoms with Gasteiger partial charge >= 0.3 is 12.0 Å². The van der Waals surface area contributed by atoms with E-state index < -0.39 is 33.2 Å². The second-order valence-electron chi connectivity index (χ2n) is 4.12. The maximum absolute atomic E-state index is 13.2. The Morgan fingerprint density at radius 3 is 2.57 bits per heavy atom. The summed E-state index contributed by atoms with van der Waals surface area (Å²) in [7, 11) is -3.18. The lowest BCUT2D eigenvalue weighted by Crippen LogP contribution is -2.33. The molecule has 0 fully saturated rings. The largest absolute Gasteiger partial charge is 0.478 e. The van der Waals surface area contributed by atoms with Crippen LogP contribution in [0.4, 0.5) is 14.9 Å². The summed E-state index contributed by atoms with van der Waals surface area (Å²) in [6.07, 6.45) is 0. The zero-order valence-corrected chi connectivity index (χ0v) is 12.0. The van der Waals surface area contributed by atoms with E-state index in [4.69, 9.17) is 5.11 Å². The highest BCUT2D eigenvalue weighted by molar-refractivity contribution is 7.91. The van der Waals surface area contributed by atoms with Crippen LogP contribution in [0.3, 0.4) is 0 Å². The second-order valence-corrected chi connectivity index (χ2v) is 6.59. The summed E-state index contributed by atoms with van der Waals surface area (Å²) in [6.45, 7) is 1.43. The molecule has 0 bridgehead atoms. The van der Waals surface area contributed by atoms with Gasteiger partial charge in [-0.3, -0.25) is 0 Å². The van der Waals surface area contributed by atoms with Crippen LogP contribution in [0.1, 0.15) is 17.3 Å². The van der Waals surface area contributed by atoms with Crippen LogP contribution in [0.15, 0.2) is 18.2 Å².